The van der Waals surface area contributed by atoms with Crippen LogP contribution in [-0.4, -0.2) is 47.2 Å². The average Bonchev–Trinajstić information content (AvgIpc) is 3.14. The second-order valence-electron chi connectivity index (χ2n) is 7.23. The monoisotopic (exact) mass is 314 g/mol. The molecule has 0 bridgehead atoms. The van der Waals surface area contributed by atoms with Gasteiger partial charge < -0.3 is 9.64 Å². The summed E-state index contributed by atoms with van der Waals surface area (Å²) in [4.78, 5) is 17.1. The zero-order chi connectivity index (χ0) is 16.0. The molecule has 2 heterocycles. The summed E-state index contributed by atoms with van der Waals surface area (Å²) < 4.78 is 5.32. The van der Waals surface area contributed by atoms with Crippen LogP contribution >= 0.6 is 0 Å². The van der Waals surface area contributed by atoms with Crippen molar-refractivity contribution in [2.75, 3.05) is 19.7 Å². The smallest absolute Gasteiger partial charge is 0.410 e. The molecule has 0 N–H and O–H groups in total. The molecule has 3 aliphatic rings. The van der Waals surface area contributed by atoms with Crippen molar-refractivity contribution < 1.29 is 9.53 Å². The molecule has 124 valence electrons. The van der Waals surface area contributed by atoms with E-state index in [0.717, 1.165) is 25.9 Å². The van der Waals surface area contributed by atoms with Crippen LogP contribution in [0.2, 0.25) is 0 Å². The quantitative estimate of drug-likeness (QED) is 0.857. The fraction of sp³-hybridized carbons (Fsp3) is 0.632. The molecular weight excluding hydrogens is 288 g/mol. The fourth-order valence-corrected chi connectivity index (χ4v) is 4.91. The third kappa shape index (κ3) is 2.26. The van der Waals surface area contributed by atoms with Crippen LogP contribution in [0.25, 0.3) is 0 Å². The van der Waals surface area contributed by atoms with Gasteiger partial charge in [-0.3, -0.25) is 4.90 Å². The number of hydrogen-bond acceptors (Lipinski definition) is 3. The van der Waals surface area contributed by atoms with Gasteiger partial charge in [0.25, 0.3) is 0 Å². The van der Waals surface area contributed by atoms with Crippen molar-refractivity contribution in [2.24, 2.45) is 5.92 Å². The standard InChI is InChI=1S/C19H26N2O2/c1-3-23-18(22)21-13-16-9-12-20(17(16)19(21)10-11-19)14(2)15-7-5-4-6-8-15/h4-8,14,16-17H,3,9-13H2,1-2H3/t14-,16?,17?/m1/s1. The van der Waals surface area contributed by atoms with Crippen molar-refractivity contribution in [3.05, 3.63) is 35.9 Å². The number of ether oxygens (including phenoxy) is 1. The highest BCUT2D eigenvalue weighted by Crippen LogP contribution is 2.57. The van der Waals surface area contributed by atoms with E-state index < -0.39 is 0 Å². The minimum absolute atomic E-state index is 0.0520. The van der Waals surface area contributed by atoms with E-state index in [9.17, 15) is 4.79 Å². The van der Waals surface area contributed by atoms with E-state index in [4.69, 9.17) is 4.74 Å². The van der Waals surface area contributed by atoms with Crippen LogP contribution in [0.5, 0.6) is 0 Å². The maximum Gasteiger partial charge on any atom is 0.410 e. The van der Waals surface area contributed by atoms with Gasteiger partial charge in [-0.2, -0.15) is 0 Å². The summed E-state index contributed by atoms with van der Waals surface area (Å²) in [6.45, 7) is 6.68. The van der Waals surface area contributed by atoms with E-state index in [-0.39, 0.29) is 11.6 Å². The summed E-state index contributed by atoms with van der Waals surface area (Å²) in [5.41, 5.74) is 1.43. The summed E-state index contributed by atoms with van der Waals surface area (Å²) in [7, 11) is 0. The van der Waals surface area contributed by atoms with Crippen LogP contribution in [0, 0.1) is 5.92 Å². The van der Waals surface area contributed by atoms with Gasteiger partial charge in [0, 0.05) is 18.6 Å². The minimum atomic E-state index is -0.105. The van der Waals surface area contributed by atoms with Crippen LogP contribution in [0.3, 0.4) is 0 Å². The molecule has 0 aromatic heterocycles. The molecule has 4 nitrogen and oxygen atoms in total. The van der Waals surface area contributed by atoms with Gasteiger partial charge in [0.2, 0.25) is 0 Å². The van der Waals surface area contributed by atoms with Crippen molar-refractivity contribution in [3.8, 4) is 0 Å². The molecule has 1 aromatic rings. The van der Waals surface area contributed by atoms with E-state index in [1.807, 2.05) is 6.92 Å². The Morgan fingerprint density at radius 2 is 2.09 bits per heavy atom. The Balaban J connectivity index is 1.58. The highest BCUT2D eigenvalue weighted by atomic mass is 16.6. The largest absolute Gasteiger partial charge is 0.450 e. The van der Waals surface area contributed by atoms with Gasteiger partial charge in [0.15, 0.2) is 0 Å². The summed E-state index contributed by atoms with van der Waals surface area (Å²) in [6.07, 6.45) is 3.35. The number of carbonyl (C=O) groups is 1. The van der Waals surface area contributed by atoms with Gasteiger partial charge >= 0.3 is 6.09 Å². The molecule has 2 aliphatic heterocycles. The topological polar surface area (TPSA) is 32.8 Å². The van der Waals surface area contributed by atoms with Gasteiger partial charge in [-0.05, 0) is 51.1 Å². The summed E-state index contributed by atoms with van der Waals surface area (Å²) in [5, 5.41) is 0. The molecule has 4 rings (SSSR count). The van der Waals surface area contributed by atoms with Crippen molar-refractivity contribution in [1.29, 1.82) is 0 Å². The van der Waals surface area contributed by atoms with E-state index in [0.29, 0.717) is 24.6 Å². The number of amides is 1. The maximum absolute atomic E-state index is 12.4. The number of likely N-dealkylation sites (tertiary alicyclic amines) is 2. The van der Waals surface area contributed by atoms with E-state index in [2.05, 4.69) is 47.1 Å². The first-order chi connectivity index (χ1) is 11.2. The Labute approximate surface area is 138 Å². The van der Waals surface area contributed by atoms with Crippen molar-refractivity contribution in [1.82, 2.24) is 9.80 Å². The fourth-order valence-electron chi connectivity index (χ4n) is 4.91. The first-order valence-corrected chi connectivity index (χ1v) is 8.92. The van der Waals surface area contributed by atoms with Gasteiger partial charge in [-0.25, -0.2) is 4.79 Å². The lowest BCUT2D eigenvalue weighted by Crippen LogP contribution is -2.48. The third-order valence-electron chi connectivity index (χ3n) is 6.10. The molecule has 3 atom stereocenters. The Morgan fingerprint density at radius 1 is 1.35 bits per heavy atom. The Morgan fingerprint density at radius 3 is 2.74 bits per heavy atom. The molecule has 1 aliphatic carbocycles. The molecule has 0 radical (unpaired) electrons. The molecule has 2 unspecified atom stereocenters. The maximum atomic E-state index is 12.4. The van der Waals surface area contributed by atoms with E-state index >= 15 is 0 Å². The number of fused-ring (bicyclic) bond motifs is 2. The summed E-state index contributed by atoms with van der Waals surface area (Å²) >= 11 is 0. The first-order valence-electron chi connectivity index (χ1n) is 8.92. The Hall–Kier alpha value is -1.55. The normalized spacial score (nSPS) is 29.6. The number of carbonyl (C=O) groups excluding carboxylic acids is 1. The van der Waals surface area contributed by atoms with Gasteiger partial charge in [0.1, 0.15) is 0 Å². The van der Waals surface area contributed by atoms with Crippen LogP contribution < -0.4 is 0 Å². The molecule has 23 heavy (non-hydrogen) atoms. The van der Waals surface area contributed by atoms with Gasteiger partial charge in [0.05, 0.1) is 12.1 Å². The lowest BCUT2D eigenvalue weighted by molar-refractivity contribution is 0.0759. The van der Waals surface area contributed by atoms with Crippen molar-refractivity contribution in [2.45, 2.75) is 50.7 Å². The van der Waals surface area contributed by atoms with Crippen LogP contribution in [-0.2, 0) is 4.74 Å². The zero-order valence-corrected chi connectivity index (χ0v) is 14.1. The number of nitrogens with zero attached hydrogens (tertiary/aromatic N) is 2. The molecule has 1 aromatic carbocycles. The molecular formula is C19H26N2O2. The second-order valence-corrected chi connectivity index (χ2v) is 7.23. The highest BCUT2D eigenvalue weighted by Gasteiger charge is 2.66. The van der Waals surface area contributed by atoms with Crippen LogP contribution in [0.15, 0.2) is 30.3 Å². The predicted molar refractivity (Wildman–Crippen MR) is 89.2 cm³/mol. The highest BCUT2D eigenvalue weighted by molar-refractivity contribution is 5.70. The minimum Gasteiger partial charge on any atom is -0.450 e. The summed E-state index contributed by atoms with van der Waals surface area (Å²) in [5.74, 6) is 0.605. The van der Waals surface area contributed by atoms with E-state index in [1.165, 1.54) is 12.0 Å². The number of hydrogen-bond donors (Lipinski definition) is 0. The van der Waals surface area contributed by atoms with Gasteiger partial charge in [-0.1, -0.05) is 30.3 Å². The zero-order valence-electron chi connectivity index (χ0n) is 14.1. The Bertz CT molecular complexity index is 584. The Kier molecular flexibility index (Phi) is 3.60. The van der Waals surface area contributed by atoms with Crippen molar-refractivity contribution >= 4 is 6.09 Å². The second kappa shape index (κ2) is 5.52. The molecule has 3 fully saturated rings. The van der Waals surface area contributed by atoms with Crippen molar-refractivity contribution in [3.63, 3.8) is 0 Å². The number of benzene rings is 1. The first kappa shape index (κ1) is 15.0. The lowest BCUT2D eigenvalue weighted by atomic mass is 9.96. The molecule has 4 heteroatoms. The molecule has 1 saturated carbocycles. The molecule has 1 amide bonds. The third-order valence-corrected chi connectivity index (χ3v) is 6.10. The lowest BCUT2D eigenvalue weighted by Gasteiger charge is -2.36. The number of rotatable bonds is 3. The molecule has 2 saturated heterocycles. The van der Waals surface area contributed by atoms with Crippen LogP contribution in [0.4, 0.5) is 4.79 Å². The summed E-state index contributed by atoms with van der Waals surface area (Å²) in [6, 6.07) is 11.7. The van der Waals surface area contributed by atoms with Gasteiger partial charge in [-0.15, -0.1) is 0 Å². The average molecular weight is 314 g/mol. The van der Waals surface area contributed by atoms with Crippen LogP contribution in [0.1, 0.15) is 44.7 Å². The van der Waals surface area contributed by atoms with E-state index in [1.54, 1.807) is 0 Å². The predicted octanol–water partition coefficient (Wildman–Crippen LogP) is 3.44. The molecule has 1 spiro atoms. The SMILES string of the molecule is CCOC(=O)N1CC2CCN([C@H](C)c3ccccc3)C2C12CC2.